The molecule has 0 unspecified atom stereocenters. The van der Waals surface area contributed by atoms with Crippen LogP contribution in [0.3, 0.4) is 0 Å². The minimum absolute atomic E-state index is 0.133. The maximum absolute atomic E-state index is 13.2. The Kier molecular flexibility index (Phi) is 5.25. The first-order valence-corrected chi connectivity index (χ1v) is 10.8. The van der Waals surface area contributed by atoms with Crippen LogP contribution in [0.15, 0.2) is 76.2 Å². The van der Waals surface area contributed by atoms with E-state index >= 15 is 0 Å². The molecule has 1 aliphatic rings. The van der Waals surface area contributed by atoms with Gasteiger partial charge in [-0.1, -0.05) is 30.3 Å². The Hall–Kier alpha value is -2.90. The van der Waals surface area contributed by atoms with Crippen LogP contribution in [0.25, 0.3) is 0 Å². The Bertz CT molecular complexity index is 1120. The Balaban J connectivity index is 1.55. The molecule has 150 valence electrons. The summed E-state index contributed by atoms with van der Waals surface area (Å²) in [6.45, 7) is 1.08. The molecule has 0 aliphatic carbocycles. The van der Waals surface area contributed by atoms with Crippen molar-refractivity contribution in [2.75, 3.05) is 13.6 Å². The van der Waals surface area contributed by atoms with Crippen molar-refractivity contribution in [2.24, 2.45) is 0 Å². The molecule has 0 saturated heterocycles. The number of nitrogens with zero attached hydrogens (tertiary/aromatic N) is 2. The summed E-state index contributed by atoms with van der Waals surface area (Å²) in [7, 11) is -2.03. The van der Waals surface area contributed by atoms with Gasteiger partial charge in [-0.2, -0.15) is 4.31 Å². The summed E-state index contributed by atoms with van der Waals surface area (Å²) in [6, 6.07) is 17.7. The lowest BCUT2D eigenvalue weighted by molar-refractivity contribution is 0.0775. The van der Waals surface area contributed by atoms with Crippen molar-refractivity contribution in [1.82, 2.24) is 9.21 Å². The molecule has 0 saturated carbocycles. The number of rotatable bonds is 5. The molecule has 1 aromatic heterocycles. The van der Waals surface area contributed by atoms with Gasteiger partial charge in [-0.3, -0.25) is 4.79 Å². The fourth-order valence-corrected chi connectivity index (χ4v) is 5.01. The smallest absolute Gasteiger partial charge is 0.254 e. The lowest BCUT2D eigenvalue weighted by Gasteiger charge is -2.28. The second-order valence-corrected chi connectivity index (χ2v) is 9.06. The minimum atomic E-state index is -3.69. The average Bonchev–Trinajstić information content (AvgIpc) is 3.26. The minimum Gasteiger partial charge on any atom is -0.467 e. The highest BCUT2D eigenvalue weighted by Gasteiger charge is 2.29. The van der Waals surface area contributed by atoms with E-state index < -0.39 is 10.0 Å². The van der Waals surface area contributed by atoms with Gasteiger partial charge in [0.2, 0.25) is 10.0 Å². The Morgan fingerprint density at radius 1 is 1.07 bits per heavy atom. The molecule has 4 rings (SSSR count). The predicted octanol–water partition coefficient (Wildman–Crippen LogP) is 3.30. The van der Waals surface area contributed by atoms with Crippen LogP contribution in [0.5, 0.6) is 0 Å². The van der Waals surface area contributed by atoms with E-state index in [-0.39, 0.29) is 10.8 Å². The predicted molar refractivity (Wildman–Crippen MR) is 109 cm³/mol. The van der Waals surface area contributed by atoms with E-state index in [1.54, 1.807) is 43.6 Å². The van der Waals surface area contributed by atoms with Gasteiger partial charge in [-0.25, -0.2) is 8.42 Å². The van der Waals surface area contributed by atoms with E-state index in [2.05, 4.69) is 0 Å². The van der Waals surface area contributed by atoms with Crippen LogP contribution in [0.2, 0.25) is 0 Å². The lowest BCUT2D eigenvalue weighted by Crippen LogP contribution is -2.36. The van der Waals surface area contributed by atoms with Crippen LogP contribution in [0.1, 0.15) is 27.2 Å². The standard InChI is InChI=1S/C22H22N2O4S/c1-23(16-20-9-5-13-28-20)22(25)18-8-4-10-21(14-18)29(26,27)24-12-11-17-6-2-3-7-19(17)15-24/h2-10,13-14H,11-12,15-16H2,1H3. The summed E-state index contributed by atoms with van der Waals surface area (Å²) >= 11 is 0. The second-order valence-electron chi connectivity index (χ2n) is 7.13. The van der Waals surface area contributed by atoms with Crippen LogP contribution in [-0.2, 0) is 29.5 Å². The van der Waals surface area contributed by atoms with Crippen molar-refractivity contribution in [2.45, 2.75) is 24.4 Å². The molecule has 2 aromatic carbocycles. The zero-order valence-electron chi connectivity index (χ0n) is 16.1. The van der Waals surface area contributed by atoms with Crippen LogP contribution in [0.4, 0.5) is 0 Å². The maximum atomic E-state index is 13.2. The fourth-order valence-electron chi connectivity index (χ4n) is 3.54. The van der Waals surface area contributed by atoms with Crippen molar-refractivity contribution in [3.05, 3.63) is 89.4 Å². The number of fused-ring (bicyclic) bond motifs is 1. The Morgan fingerprint density at radius 3 is 2.62 bits per heavy atom. The summed E-state index contributed by atoms with van der Waals surface area (Å²) in [6.07, 6.45) is 2.23. The molecule has 0 N–H and O–H groups in total. The summed E-state index contributed by atoms with van der Waals surface area (Å²) in [5, 5.41) is 0. The zero-order chi connectivity index (χ0) is 20.4. The number of amides is 1. The van der Waals surface area contributed by atoms with Gasteiger partial charge in [0.15, 0.2) is 0 Å². The lowest BCUT2D eigenvalue weighted by atomic mass is 10.0. The van der Waals surface area contributed by atoms with E-state index in [9.17, 15) is 13.2 Å². The van der Waals surface area contributed by atoms with Crippen molar-refractivity contribution in [3.8, 4) is 0 Å². The number of carbonyl (C=O) groups excluding carboxylic acids is 1. The van der Waals surface area contributed by atoms with Crippen molar-refractivity contribution >= 4 is 15.9 Å². The van der Waals surface area contributed by atoms with E-state index in [4.69, 9.17) is 4.42 Å². The van der Waals surface area contributed by atoms with E-state index in [0.717, 1.165) is 5.56 Å². The molecule has 3 aromatic rings. The van der Waals surface area contributed by atoms with Crippen LogP contribution >= 0.6 is 0 Å². The highest BCUT2D eigenvalue weighted by molar-refractivity contribution is 7.89. The van der Waals surface area contributed by atoms with Crippen molar-refractivity contribution in [1.29, 1.82) is 0 Å². The normalized spacial score (nSPS) is 14.4. The van der Waals surface area contributed by atoms with Crippen LogP contribution < -0.4 is 0 Å². The molecule has 6 nitrogen and oxygen atoms in total. The highest BCUT2D eigenvalue weighted by atomic mass is 32.2. The largest absolute Gasteiger partial charge is 0.467 e. The second kappa shape index (κ2) is 7.85. The Labute approximate surface area is 170 Å². The molecular formula is C22H22N2O4S. The third kappa shape index (κ3) is 3.97. The van der Waals surface area contributed by atoms with Gasteiger partial charge in [-0.05, 0) is 47.9 Å². The molecule has 0 fully saturated rings. The first-order chi connectivity index (χ1) is 13.9. The number of furan rings is 1. The Morgan fingerprint density at radius 2 is 1.86 bits per heavy atom. The molecular weight excluding hydrogens is 388 g/mol. The maximum Gasteiger partial charge on any atom is 0.254 e. The van der Waals surface area contributed by atoms with E-state index in [1.165, 1.54) is 20.8 Å². The summed E-state index contributed by atoms with van der Waals surface area (Å²) in [4.78, 5) is 14.4. The van der Waals surface area contributed by atoms with Crippen molar-refractivity contribution in [3.63, 3.8) is 0 Å². The molecule has 1 amide bonds. The molecule has 0 radical (unpaired) electrons. The van der Waals surface area contributed by atoms with Crippen LogP contribution in [-0.4, -0.2) is 37.1 Å². The molecule has 0 spiro atoms. The number of carbonyl (C=O) groups is 1. The van der Waals surface area contributed by atoms with Gasteiger partial charge in [-0.15, -0.1) is 0 Å². The number of hydrogen-bond donors (Lipinski definition) is 0. The van der Waals surface area contributed by atoms with Gasteiger partial charge in [0.05, 0.1) is 17.7 Å². The zero-order valence-corrected chi connectivity index (χ0v) is 16.9. The topological polar surface area (TPSA) is 70.8 Å². The van der Waals surface area contributed by atoms with Gasteiger partial charge in [0, 0.05) is 25.7 Å². The van der Waals surface area contributed by atoms with Gasteiger partial charge in [0.25, 0.3) is 5.91 Å². The summed E-state index contributed by atoms with van der Waals surface area (Å²) in [5.74, 6) is 0.402. The number of hydrogen-bond acceptors (Lipinski definition) is 4. The number of sulfonamides is 1. The average molecular weight is 410 g/mol. The number of benzene rings is 2. The molecule has 29 heavy (non-hydrogen) atoms. The third-order valence-electron chi connectivity index (χ3n) is 5.13. The molecule has 0 bridgehead atoms. The SMILES string of the molecule is CN(Cc1ccco1)C(=O)c1cccc(S(=O)(=O)N2CCc3ccccc3C2)c1. The first-order valence-electron chi connectivity index (χ1n) is 9.40. The molecule has 1 aliphatic heterocycles. The summed E-state index contributed by atoms with van der Waals surface area (Å²) < 4.78 is 33.1. The molecule has 7 heteroatoms. The van der Waals surface area contributed by atoms with E-state index in [0.29, 0.717) is 37.4 Å². The van der Waals surface area contributed by atoms with Gasteiger partial charge >= 0.3 is 0 Å². The summed E-state index contributed by atoms with van der Waals surface area (Å²) in [5.41, 5.74) is 2.53. The first kappa shape index (κ1) is 19.4. The third-order valence-corrected chi connectivity index (χ3v) is 6.98. The molecule has 0 atom stereocenters. The highest BCUT2D eigenvalue weighted by Crippen LogP contribution is 2.25. The van der Waals surface area contributed by atoms with Gasteiger partial charge in [0.1, 0.15) is 5.76 Å². The van der Waals surface area contributed by atoms with Crippen molar-refractivity contribution < 1.29 is 17.6 Å². The van der Waals surface area contributed by atoms with E-state index in [1.807, 2.05) is 24.3 Å². The monoisotopic (exact) mass is 410 g/mol. The molecule has 2 heterocycles. The fraction of sp³-hybridized carbons (Fsp3) is 0.227. The van der Waals surface area contributed by atoms with Gasteiger partial charge < -0.3 is 9.32 Å². The quantitative estimate of drug-likeness (QED) is 0.647. The van der Waals surface area contributed by atoms with Crippen LogP contribution in [0, 0.1) is 0 Å².